The first kappa shape index (κ1) is 13.9. The zero-order chi connectivity index (χ0) is 14.2. The molecule has 1 saturated heterocycles. The van der Waals surface area contributed by atoms with Gasteiger partial charge in [-0.05, 0) is 33.1 Å². The Morgan fingerprint density at radius 2 is 2.11 bits per heavy atom. The van der Waals surface area contributed by atoms with Crippen molar-refractivity contribution in [1.29, 1.82) is 0 Å². The third-order valence-electron chi connectivity index (χ3n) is 3.39. The molecule has 2 aliphatic rings. The summed E-state index contributed by atoms with van der Waals surface area (Å²) in [5.41, 5.74) is -0.511. The van der Waals surface area contributed by atoms with Gasteiger partial charge in [-0.25, -0.2) is 4.79 Å². The smallest absolute Gasteiger partial charge is 0.410 e. The predicted molar refractivity (Wildman–Crippen MR) is 69.5 cm³/mol. The molecule has 5 heteroatoms. The van der Waals surface area contributed by atoms with Gasteiger partial charge in [0, 0.05) is 12.6 Å². The Kier molecular flexibility index (Phi) is 3.56. The zero-order valence-corrected chi connectivity index (χ0v) is 11.7. The summed E-state index contributed by atoms with van der Waals surface area (Å²) in [6, 6.07) is 0.149. The summed E-state index contributed by atoms with van der Waals surface area (Å²) in [6.07, 6.45) is 2.08. The lowest BCUT2D eigenvalue weighted by atomic mass is 10.1. The van der Waals surface area contributed by atoms with Crippen molar-refractivity contribution in [2.24, 2.45) is 11.8 Å². The fourth-order valence-electron chi connectivity index (χ4n) is 2.50. The number of amides is 1. The van der Waals surface area contributed by atoms with E-state index in [1.807, 2.05) is 20.8 Å². The van der Waals surface area contributed by atoms with Gasteiger partial charge in [0.1, 0.15) is 12.2 Å². The van der Waals surface area contributed by atoms with Gasteiger partial charge in [0.2, 0.25) is 0 Å². The average Bonchev–Trinajstić information content (AvgIpc) is 2.98. The Labute approximate surface area is 113 Å². The third kappa shape index (κ3) is 3.08. The van der Waals surface area contributed by atoms with Gasteiger partial charge in [0.25, 0.3) is 0 Å². The molecule has 0 radical (unpaired) electrons. The molecule has 0 bridgehead atoms. The minimum absolute atomic E-state index is 0.149. The van der Waals surface area contributed by atoms with Gasteiger partial charge in [-0.2, -0.15) is 0 Å². The maximum atomic E-state index is 12.0. The summed E-state index contributed by atoms with van der Waals surface area (Å²) in [5, 5.41) is 0. The molecule has 0 aromatic heterocycles. The molecule has 0 N–H and O–H groups in total. The first-order valence-corrected chi connectivity index (χ1v) is 6.60. The summed E-state index contributed by atoms with van der Waals surface area (Å²) in [7, 11) is 0. The van der Waals surface area contributed by atoms with Crippen LogP contribution < -0.4 is 0 Å². The molecule has 19 heavy (non-hydrogen) atoms. The van der Waals surface area contributed by atoms with Crippen LogP contribution in [-0.2, 0) is 14.3 Å². The molecule has 0 aromatic rings. The Morgan fingerprint density at radius 1 is 1.42 bits per heavy atom. The number of rotatable bonds is 3. The van der Waals surface area contributed by atoms with Crippen molar-refractivity contribution in [3.8, 4) is 0 Å². The highest BCUT2D eigenvalue weighted by molar-refractivity contribution is 5.78. The molecule has 0 spiro atoms. The maximum absolute atomic E-state index is 12.0. The van der Waals surface area contributed by atoms with Crippen LogP contribution in [-0.4, -0.2) is 41.8 Å². The zero-order valence-electron chi connectivity index (χ0n) is 11.7. The van der Waals surface area contributed by atoms with E-state index < -0.39 is 5.60 Å². The second-order valence-corrected chi connectivity index (χ2v) is 6.12. The van der Waals surface area contributed by atoms with Gasteiger partial charge in [-0.1, -0.05) is 12.7 Å². The number of piperidine rings is 1. The van der Waals surface area contributed by atoms with Gasteiger partial charge < -0.3 is 14.4 Å². The monoisotopic (exact) mass is 267 g/mol. The van der Waals surface area contributed by atoms with Crippen LogP contribution in [0, 0.1) is 11.8 Å². The molecule has 2 fully saturated rings. The Hall–Kier alpha value is -1.52. The molecule has 1 heterocycles. The van der Waals surface area contributed by atoms with E-state index in [-0.39, 0.29) is 36.5 Å². The molecular formula is C14H21NO4. The van der Waals surface area contributed by atoms with Crippen LogP contribution in [0.3, 0.4) is 0 Å². The summed E-state index contributed by atoms with van der Waals surface area (Å²) in [6.45, 7) is 9.64. The molecule has 0 unspecified atom stereocenters. The fourth-order valence-corrected chi connectivity index (χ4v) is 2.50. The molecule has 0 aromatic carbocycles. The third-order valence-corrected chi connectivity index (χ3v) is 3.39. The van der Waals surface area contributed by atoms with E-state index in [9.17, 15) is 9.59 Å². The van der Waals surface area contributed by atoms with Gasteiger partial charge in [-0.3, -0.25) is 4.79 Å². The van der Waals surface area contributed by atoms with E-state index in [1.54, 1.807) is 11.0 Å². The van der Waals surface area contributed by atoms with E-state index in [4.69, 9.17) is 9.47 Å². The summed E-state index contributed by atoms with van der Waals surface area (Å²) in [4.78, 5) is 25.5. The van der Waals surface area contributed by atoms with E-state index in [0.717, 1.165) is 6.42 Å². The summed E-state index contributed by atoms with van der Waals surface area (Å²) < 4.78 is 10.4. The SMILES string of the molecule is C=CCOC(=O)[C@H]1CN(C(=O)OC(C)(C)C)[C@@H]2C[C@H]12. The highest BCUT2D eigenvalue weighted by atomic mass is 16.6. The Morgan fingerprint density at radius 3 is 2.68 bits per heavy atom. The van der Waals surface area contributed by atoms with Crippen molar-refractivity contribution < 1.29 is 19.1 Å². The number of fused-ring (bicyclic) bond motifs is 1. The molecule has 2 rings (SSSR count). The average molecular weight is 267 g/mol. The van der Waals surface area contributed by atoms with Crippen molar-refractivity contribution in [2.45, 2.75) is 38.8 Å². The standard InChI is InChI=1S/C14H21NO4/c1-5-6-18-12(16)10-8-15(11-7-9(10)11)13(17)19-14(2,3)4/h5,9-11H,1,6-8H2,2-4H3/t9-,10+,11-/m1/s1. The lowest BCUT2D eigenvalue weighted by Crippen LogP contribution is -2.38. The van der Waals surface area contributed by atoms with Crippen molar-refractivity contribution in [3.63, 3.8) is 0 Å². The predicted octanol–water partition coefficient (Wildman–Crippen LogP) is 1.97. The highest BCUT2D eigenvalue weighted by Gasteiger charge is 2.58. The minimum atomic E-state index is -0.511. The van der Waals surface area contributed by atoms with Gasteiger partial charge >= 0.3 is 12.1 Å². The lowest BCUT2D eigenvalue weighted by Gasteiger charge is -2.26. The number of carbonyl (C=O) groups excluding carboxylic acids is 2. The van der Waals surface area contributed by atoms with Crippen molar-refractivity contribution in [3.05, 3.63) is 12.7 Å². The van der Waals surface area contributed by atoms with Gasteiger partial charge in [0.05, 0.1) is 5.92 Å². The number of likely N-dealkylation sites (tertiary alicyclic amines) is 1. The number of nitrogens with zero attached hydrogens (tertiary/aromatic N) is 1. The molecule has 1 saturated carbocycles. The molecule has 3 atom stereocenters. The largest absolute Gasteiger partial charge is 0.461 e. The maximum Gasteiger partial charge on any atom is 0.410 e. The Balaban J connectivity index is 1.92. The van der Waals surface area contributed by atoms with Gasteiger partial charge in [0.15, 0.2) is 0 Å². The van der Waals surface area contributed by atoms with E-state index in [1.165, 1.54) is 0 Å². The Bertz CT molecular complexity index is 399. The van der Waals surface area contributed by atoms with Crippen molar-refractivity contribution >= 4 is 12.1 Å². The van der Waals surface area contributed by atoms with Crippen LogP contribution in [0.25, 0.3) is 0 Å². The molecule has 1 aliphatic carbocycles. The van der Waals surface area contributed by atoms with Gasteiger partial charge in [-0.15, -0.1) is 0 Å². The fraction of sp³-hybridized carbons (Fsp3) is 0.714. The number of hydrogen-bond acceptors (Lipinski definition) is 4. The number of carbonyl (C=O) groups is 2. The number of esters is 1. The summed E-state index contributed by atoms with van der Waals surface area (Å²) >= 11 is 0. The van der Waals surface area contributed by atoms with Crippen LogP contribution in [0.1, 0.15) is 27.2 Å². The van der Waals surface area contributed by atoms with E-state index in [2.05, 4.69) is 6.58 Å². The van der Waals surface area contributed by atoms with Crippen LogP contribution in [0.4, 0.5) is 4.79 Å². The molecule has 1 amide bonds. The quantitative estimate of drug-likeness (QED) is 0.579. The van der Waals surface area contributed by atoms with Crippen molar-refractivity contribution in [2.75, 3.05) is 13.2 Å². The van der Waals surface area contributed by atoms with E-state index >= 15 is 0 Å². The lowest BCUT2D eigenvalue weighted by molar-refractivity contribution is -0.147. The number of hydrogen-bond donors (Lipinski definition) is 0. The minimum Gasteiger partial charge on any atom is -0.461 e. The van der Waals surface area contributed by atoms with Crippen LogP contribution in [0.5, 0.6) is 0 Å². The number of ether oxygens (including phenoxy) is 2. The normalized spacial score (nSPS) is 28.6. The molecular weight excluding hydrogens is 246 g/mol. The van der Waals surface area contributed by atoms with E-state index in [0.29, 0.717) is 6.54 Å². The second kappa shape index (κ2) is 4.87. The van der Waals surface area contributed by atoms with Crippen LogP contribution in [0.15, 0.2) is 12.7 Å². The first-order valence-electron chi connectivity index (χ1n) is 6.60. The second-order valence-electron chi connectivity index (χ2n) is 6.12. The molecule has 5 nitrogen and oxygen atoms in total. The highest BCUT2D eigenvalue weighted by Crippen LogP contribution is 2.49. The molecule has 1 aliphatic heterocycles. The summed E-state index contributed by atoms with van der Waals surface area (Å²) in [5.74, 6) is -0.208. The molecule has 106 valence electrons. The topological polar surface area (TPSA) is 55.8 Å². The van der Waals surface area contributed by atoms with Crippen LogP contribution in [0.2, 0.25) is 0 Å². The van der Waals surface area contributed by atoms with Crippen LogP contribution >= 0.6 is 0 Å². The van der Waals surface area contributed by atoms with Crippen molar-refractivity contribution in [1.82, 2.24) is 4.90 Å². The first-order chi connectivity index (χ1) is 8.83.